The van der Waals surface area contributed by atoms with Gasteiger partial charge in [0.2, 0.25) is 5.91 Å². The molecule has 0 saturated carbocycles. The number of fused-ring (bicyclic) bond motifs is 1. The maximum Gasteiger partial charge on any atom is 0.248 e. The van der Waals surface area contributed by atoms with E-state index >= 15 is 0 Å². The van der Waals surface area contributed by atoms with Gasteiger partial charge >= 0.3 is 0 Å². The molecule has 1 aliphatic heterocycles. The molecule has 1 unspecified atom stereocenters. The molecule has 0 fully saturated rings. The number of benzene rings is 1. The average Bonchev–Trinajstić information content (AvgIpc) is 2.73. The van der Waals surface area contributed by atoms with E-state index in [2.05, 4.69) is 32.6 Å². The molecule has 3 N–H and O–H groups in total. The van der Waals surface area contributed by atoms with E-state index < -0.39 is 5.91 Å². The van der Waals surface area contributed by atoms with Crippen molar-refractivity contribution in [1.82, 2.24) is 4.90 Å². The smallest absolute Gasteiger partial charge is 0.248 e. The molecular weight excluding hydrogens is 310 g/mol. The fraction of sp³-hybridized carbons (Fsp3) is 0.588. The van der Waals surface area contributed by atoms with E-state index in [1.807, 2.05) is 6.07 Å². The normalized spacial score (nSPS) is 17.4. The molecule has 0 aliphatic carbocycles. The van der Waals surface area contributed by atoms with E-state index in [4.69, 9.17) is 5.73 Å². The molecule has 6 heteroatoms. The van der Waals surface area contributed by atoms with Crippen molar-refractivity contribution in [2.24, 2.45) is 17.6 Å². The first-order valence-corrected chi connectivity index (χ1v) is 8.96. The Kier molecular flexibility index (Phi) is 5.95. The molecule has 1 amide bonds. The zero-order chi connectivity index (χ0) is 17.1. The first kappa shape index (κ1) is 18.1. The molecule has 1 atom stereocenters. The van der Waals surface area contributed by atoms with Crippen molar-refractivity contribution in [3.05, 3.63) is 23.8 Å². The van der Waals surface area contributed by atoms with E-state index in [1.165, 1.54) is 5.06 Å². The molecule has 128 valence electrons. The van der Waals surface area contributed by atoms with Crippen LogP contribution in [0.3, 0.4) is 0 Å². The Morgan fingerprint density at radius 3 is 2.43 bits per heavy atom. The highest BCUT2D eigenvalue weighted by atomic mass is 32.2. The van der Waals surface area contributed by atoms with Crippen molar-refractivity contribution in [2.75, 3.05) is 24.7 Å². The summed E-state index contributed by atoms with van der Waals surface area (Å²) in [5.41, 5.74) is 6.42. The van der Waals surface area contributed by atoms with Gasteiger partial charge in [-0.05, 0) is 30.0 Å². The van der Waals surface area contributed by atoms with Gasteiger partial charge in [0.1, 0.15) is 5.37 Å². The third kappa shape index (κ3) is 4.62. The maximum atomic E-state index is 11.3. The lowest BCUT2D eigenvalue weighted by Crippen LogP contribution is -2.41. The summed E-state index contributed by atoms with van der Waals surface area (Å²) in [5, 5.41) is 11.7. The Balaban J connectivity index is 2.10. The van der Waals surface area contributed by atoms with Crippen LogP contribution in [0.4, 0.5) is 5.69 Å². The minimum Gasteiger partial charge on any atom is -0.366 e. The molecule has 0 aromatic heterocycles. The van der Waals surface area contributed by atoms with Crippen molar-refractivity contribution in [3.63, 3.8) is 0 Å². The van der Waals surface area contributed by atoms with Crippen molar-refractivity contribution in [1.29, 1.82) is 0 Å². The number of thioether (sulfide) groups is 1. The number of anilines is 1. The number of nitrogens with two attached hydrogens (primary N) is 1. The Bertz CT molecular complexity index is 553. The summed E-state index contributed by atoms with van der Waals surface area (Å²) < 4.78 is 0. The molecule has 23 heavy (non-hydrogen) atoms. The Hall–Kier alpha value is -1.24. The highest BCUT2D eigenvalue weighted by molar-refractivity contribution is 8.00. The predicted molar refractivity (Wildman–Crippen MR) is 95.0 cm³/mol. The fourth-order valence-electron chi connectivity index (χ4n) is 2.89. The average molecular weight is 337 g/mol. The van der Waals surface area contributed by atoms with Gasteiger partial charge in [0.15, 0.2) is 0 Å². The van der Waals surface area contributed by atoms with Crippen LogP contribution >= 0.6 is 11.8 Å². The lowest BCUT2D eigenvalue weighted by Gasteiger charge is -2.30. The molecule has 1 aromatic carbocycles. The topological polar surface area (TPSA) is 69.8 Å². The van der Waals surface area contributed by atoms with E-state index in [9.17, 15) is 10.0 Å². The van der Waals surface area contributed by atoms with Gasteiger partial charge < -0.3 is 5.73 Å². The number of carbonyl (C=O) groups is 1. The minimum atomic E-state index is -0.476. The molecule has 5 nitrogen and oxygen atoms in total. The number of hydroxylamine groups is 1. The molecule has 1 aromatic rings. The molecule has 2 rings (SSSR count). The standard InChI is InChI=1S/C17H27N3O2S/c1-11(2)8-19(9-12(3)4)10-16-20(22)14-7-13(17(18)21)5-6-15(14)23-16/h5-7,11-12,16,22H,8-10H2,1-4H3,(H2,18,21). The third-order valence-electron chi connectivity index (χ3n) is 3.69. The number of carbonyl (C=O) groups excluding carboxylic acids is 1. The zero-order valence-corrected chi connectivity index (χ0v) is 15.1. The molecule has 0 bridgehead atoms. The Labute approximate surface area is 142 Å². The first-order chi connectivity index (χ1) is 10.8. The summed E-state index contributed by atoms with van der Waals surface area (Å²) in [6, 6.07) is 5.24. The summed E-state index contributed by atoms with van der Waals surface area (Å²) in [5.74, 6) is 0.683. The second-order valence-corrected chi connectivity index (χ2v) is 8.19. The van der Waals surface area contributed by atoms with Crippen LogP contribution in [-0.4, -0.2) is 41.0 Å². The van der Waals surface area contributed by atoms with Crippen LogP contribution in [0.1, 0.15) is 38.1 Å². The predicted octanol–water partition coefficient (Wildman–Crippen LogP) is 3.03. The maximum absolute atomic E-state index is 11.3. The molecule has 1 aliphatic rings. The van der Waals surface area contributed by atoms with Crippen LogP contribution in [0.5, 0.6) is 0 Å². The quantitative estimate of drug-likeness (QED) is 0.800. The second kappa shape index (κ2) is 7.55. The Morgan fingerprint density at radius 2 is 1.91 bits per heavy atom. The SMILES string of the molecule is CC(C)CN(CC(C)C)CC1Sc2ccc(C(N)=O)cc2N1O. The van der Waals surface area contributed by atoms with Crippen LogP contribution in [0.15, 0.2) is 23.1 Å². The number of nitrogens with zero attached hydrogens (tertiary/aromatic N) is 2. The van der Waals surface area contributed by atoms with Gasteiger partial charge in [-0.1, -0.05) is 39.5 Å². The fourth-order valence-corrected chi connectivity index (χ4v) is 4.10. The van der Waals surface area contributed by atoms with Crippen LogP contribution < -0.4 is 10.8 Å². The van der Waals surface area contributed by atoms with Gasteiger partial charge in [-0.15, -0.1) is 0 Å². The van der Waals surface area contributed by atoms with Crippen molar-refractivity contribution in [2.45, 2.75) is 38.0 Å². The molecule has 1 heterocycles. The van der Waals surface area contributed by atoms with Gasteiger partial charge in [-0.25, -0.2) is 5.06 Å². The molecular formula is C17H27N3O2S. The van der Waals surface area contributed by atoms with Crippen LogP contribution in [0.2, 0.25) is 0 Å². The van der Waals surface area contributed by atoms with Gasteiger partial charge in [0, 0.05) is 30.1 Å². The molecule has 0 saturated heterocycles. The van der Waals surface area contributed by atoms with Crippen molar-refractivity contribution in [3.8, 4) is 0 Å². The van der Waals surface area contributed by atoms with E-state index in [0.29, 0.717) is 23.1 Å². The van der Waals surface area contributed by atoms with Gasteiger partial charge in [0.05, 0.1) is 5.69 Å². The van der Waals surface area contributed by atoms with Crippen LogP contribution in [0, 0.1) is 11.8 Å². The monoisotopic (exact) mass is 337 g/mol. The first-order valence-electron chi connectivity index (χ1n) is 8.09. The number of hydrogen-bond acceptors (Lipinski definition) is 5. The zero-order valence-electron chi connectivity index (χ0n) is 14.3. The summed E-state index contributed by atoms with van der Waals surface area (Å²) in [6.07, 6.45) is 0. The minimum absolute atomic E-state index is 0.0642. The van der Waals surface area contributed by atoms with Gasteiger partial charge in [0.25, 0.3) is 0 Å². The summed E-state index contributed by atoms with van der Waals surface area (Å²) >= 11 is 1.63. The highest BCUT2D eigenvalue weighted by Crippen LogP contribution is 2.43. The largest absolute Gasteiger partial charge is 0.366 e. The second-order valence-electron chi connectivity index (χ2n) is 6.97. The third-order valence-corrected chi connectivity index (χ3v) is 4.91. The summed E-state index contributed by atoms with van der Waals surface area (Å²) in [6.45, 7) is 11.6. The lowest BCUT2D eigenvalue weighted by molar-refractivity contribution is 0.1000. The number of rotatable bonds is 7. The molecule has 0 spiro atoms. The number of primary amides is 1. The lowest BCUT2D eigenvalue weighted by atomic mass is 10.1. The van der Waals surface area contributed by atoms with E-state index in [0.717, 1.165) is 24.5 Å². The van der Waals surface area contributed by atoms with Crippen molar-refractivity contribution < 1.29 is 10.0 Å². The van der Waals surface area contributed by atoms with Crippen LogP contribution in [-0.2, 0) is 0 Å². The summed E-state index contributed by atoms with van der Waals surface area (Å²) in [4.78, 5) is 14.7. The molecule has 0 radical (unpaired) electrons. The van der Waals surface area contributed by atoms with E-state index in [1.54, 1.807) is 23.9 Å². The van der Waals surface area contributed by atoms with Crippen LogP contribution in [0.25, 0.3) is 0 Å². The van der Waals surface area contributed by atoms with Gasteiger partial charge in [-0.3, -0.25) is 14.9 Å². The highest BCUT2D eigenvalue weighted by Gasteiger charge is 2.31. The Morgan fingerprint density at radius 1 is 1.30 bits per heavy atom. The van der Waals surface area contributed by atoms with E-state index in [-0.39, 0.29) is 5.37 Å². The number of hydrogen-bond donors (Lipinski definition) is 2. The van der Waals surface area contributed by atoms with Gasteiger partial charge in [-0.2, -0.15) is 0 Å². The number of amides is 1. The van der Waals surface area contributed by atoms with Crippen molar-refractivity contribution >= 4 is 23.4 Å². The summed E-state index contributed by atoms with van der Waals surface area (Å²) in [7, 11) is 0.